The summed E-state index contributed by atoms with van der Waals surface area (Å²) in [5, 5.41) is 10.6. The molecule has 7 nitrogen and oxygen atoms in total. The van der Waals surface area contributed by atoms with Crippen LogP contribution in [0.2, 0.25) is 0 Å². The lowest BCUT2D eigenvalue weighted by Crippen LogP contribution is -2.12. The second-order valence-corrected chi connectivity index (χ2v) is 3.93. The number of nitrogens with zero attached hydrogens (tertiary/aromatic N) is 2. The maximum absolute atomic E-state index is 11.3. The molecule has 7 heteroatoms. The third-order valence-electron chi connectivity index (χ3n) is 2.69. The minimum atomic E-state index is -0.611. The highest BCUT2D eigenvalue weighted by Crippen LogP contribution is 2.24. The van der Waals surface area contributed by atoms with Gasteiger partial charge in [-0.15, -0.1) is 0 Å². The molecular formula is C12H12N4O3. The second-order valence-electron chi connectivity index (χ2n) is 3.93. The number of primary amides is 1. The summed E-state index contributed by atoms with van der Waals surface area (Å²) in [6.07, 6.45) is 0.632. The standard InChI is InChI=1S/C12H12N4O3/c1-2-9-14-10(11(15-9)12(13)17)7-3-5-8(6-4-7)16(18)19/h3-6H,2H2,1H3,(H2,13,17)(H,14,15). The summed E-state index contributed by atoms with van der Waals surface area (Å²) in [7, 11) is 0. The van der Waals surface area contributed by atoms with Crippen molar-refractivity contribution in [3.8, 4) is 11.3 Å². The number of aryl methyl sites for hydroxylation is 1. The van der Waals surface area contributed by atoms with Crippen LogP contribution in [0, 0.1) is 10.1 Å². The number of aromatic nitrogens is 2. The van der Waals surface area contributed by atoms with E-state index < -0.39 is 10.8 Å². The minimum Gasteiger partial charge on any atom is -0.364 e. The van der Waals surface area contributed by atoms with E-state index in [-0.39, 0.29) is 11.4 Å². The molecule has 0 radical (unpaired) electrons. The van der Waals surface area contributed by atoms with Crippen molar-refractivity contribution in [3.05, 3.63) is 45.9 Å². The normalized spacial score (nSPS) is 10.4. The number of hydrogen-bond donors (Lipinski definition) is 2. The summed E-state index contributed by atoms with van der Waals surface area (Å²) >= 11 is 0. The average Bonchev–Trinajstić information content (AvgIpc) is 2.83. The van der Waals surface area contributed by atoms with Crippen LogP contribution >= 0.6 is 0 Å². The highest BCUT2D eigenvalue weighted by atomic mass is 16.6. The van der Waals surface area contributed by atoms with Crippen molar-refractivity contribution >= 4 is 11.6 Å². The number of nitrogens with two attached hydrogens (primary N) is 1. The van der Waals surface area contributed by atoms with Crippen LogP contribution in [-0.4, -0.2) is 20.8 Å². The Morgan fingerprint density at radius 2 is 2.05 bits per heavy atom. The number of aromatic amines is 1. The van der Waals surface area contributed by atoms with Gasteiger partial charge in [-0.25, -0.2) is 4.98 Å². The number of imidazole rings is 1. The number of carbonyl (C=O) groups is 1. The highest BCUT2D eigenvalue weighted by molar-refractivity contribution is 5.97. The molecule has 2 rings (SSSR count). The molecule has 0 saturated carbocycles. The predicted octanol–water partition coefficient (Wildman–Crippen LogP) is 1.65. The van der Waals surface area contributed by atoms with E-state index in [4.69, 9.17) is 5.73 Å². The van der Waals surface area contributed by atoms with Gasteiger partial charge in [0.15, 0.2) is 0 Å². The lowest BCUT2D eigenvalue weighted by molar-refractivity contribution is -0.384. The number of nitro groups is 1. The van der Waals surface area contributed by atoms with E-state index in [1.807, 2.05) is 6.92 Å². The van der Waals surface area contributed by atoms with Crippen LogP contribution in [0.15, 0.2) is 24.3 Å². The average molecular weight is 260 g/mol. The van der Waals surface area contributed by atoms with E-state index >= 15 is 0 Å². The van der Waals surface area contributed by atoms with Crippen LogP contribution in [0.3, 0.4) is 0 Å². The van der Waals surface area contributed by atoms with E-state index in [9.17, 15) is 14.9 Å². The van der Waals surface area contributed by atoms with Gasteiger partial charge in [0.2, 0.25) is 0 Å². The Morgan fingerprint density at radius 1 is 1.42 bits per heavy atom. The van der Waals surface area contributed by atoms with Crippen molar-refractivity contribution in [2.45, 2.75) is 13.3 Å². The smallest absolute Gasteiger partial charge is 0.269 e. The zero-order valence-corrected chi connectivity index (χ0v) is 10.2. The highest BCUT2D eigenvalue weighted by Gasteiger charge is 2.16. The van der Waals surface area contributed by atoms with Gasteiger partial charge < -0.3 is 10.7 Å². The van der Waals surface area contributed by atoms with Gasteiger partial charge in [0.05, 0.1) is 4.92 Å². The third-order valence-corrected chi connectivity index (χ3v) is 2.69. The van der Waals surface area contributed by atoms with Gasteiger partial charge in [0.25, 0.3) is 11.6 Å². The molecule has 0 fully saturated rings. The molecule has 1 heterocycles. The van der Waals surface area contributed by atoms with Gasteiger partial charge in [-0.1, -0.05) is 6.92 Å². The maximum atomic E-state index is 11.3. The maximum Gasteiger partial charge on any atom is 0.269 e. The van der Waals surface area contributed by atoms with Crippen LogP contribution in [0.25, 0.3) is 11.3 Å². The van der Waals surface area contributed by atoms with Crippen LogP contribution in [-0.2, 0) is 6.42 Å². The van der Waals surface area contributed by atoms with E-state index in [0.29, 0.717) is 23.5 Å². The number of hydrogen-bond acceptors (Lipinski definition) is 4. The molecule has 2 aromatic rings. The monoisotopic (exact) mass is 260 g/mol. The number of carbonyl (C=O) groups excluding carboxylic acids is 1. The summed E-state index contributed by atoms with van der Waals surface area (Å²) in [5.74, 6) is 0.0303. The van der Waals surface area contributed by atoms with Crippen molar-refractivity contribution in [1.29, 1.82) is 0 Å². The Labute approximate surface area is 108 Å². The summed E-state index contributed by atoms with van der Waals surface area (Å²) in [4.78, 5) is 28.6. The quantitative estimate of drug-likeness (QED) is 0.642. The molecule has 0 atom stereocenters. The number of rotatable bonds is 4. The summed E-state index contributed by atoms with van der Waals surface area (Å²) < 4.78 is 0. The number of H-pyrrole nitrogens is 1. The van der Waals surface area contributed by atoms with Gasteiger partial charge in [0, 0.05) is 24.1 Å². The molecule has 0 bridgehead atoms. The van der Waals surface area contributed by atoms with E-state index in [1.165, 1.54) is 12.1 Å². The summed E-state index contributed by atoms with van der Waals surface area (Å²) in [6, 6.07) is 5.81. The number of nitrogens with one attached hydrogen (secondary N) is 1. The van der Waals surface area contributed by atoms with Gasteiger partial charge in [-0.2, -0.15) is 0 Å². The molecule has 19 heavy (non-hydrogen) atoms. The van der Waals surface area contributed by atoms with Gasteiger partial charge in [-0.05, 0) is 12.1 Å². The molecule has 98 valence electrons. The predicted molar refractivity (Wildman–Crippen MR) is 68.6 cm³/mol. The molecule has 1 amide bonds. The first kappa shape index (κ1) is 12.7. The van der Waals surface area contributed by atoms with Crippen molar-refractivity contribution in [1.82, 2.24) is 9.97 Å². The van der Waals surface area contributed by atoms with Gasteiger partial charge in [-0.3, -0.25) is 14.9 Å². The third kappa shape index (κ3) is 2.44. The number of nitro benzene ring substituents is 1. The Morgan fingerprint density at radius 3 is 2.53 bits per heavy atom. The molecule has 0 unspecified atom stereocenters. The lowest BCUT2D eigenvalue weighted by Gasteiger charge is -1.99. The molecular weight excluding hydrogens is 248 g/mol. The Bertz CT molecular complexity index is 631. The number of non-ortho nitro benzene ring substituents is 1. The fourth-order valence-electron chi connectivity index (χ4n) is 1.72. The molecule has 0 saturated heterocycles. The largest absolute Gasteiger partial charge is 0.364 e. The fourth-order valence-corrected chi connectivity index (χ4v) is 1.72. The van der Waals surface area contributed by atoms with Crippen LogP contribution in [0.1, 0.15) is 23.2 Å². The molecule has 1 aromatic heterocycles. The summed E-state index contributed by atoms with van der Waals surface area (Å²) in [5.41, 5.74) is 6.50. The van der Waals surface area contributed by atoms with Gasteiger partial charge >= 0.3 is 0 Å². The SMILES string of the molecule is CCc1nc(-c2ccc([N+](=O)[O-])cc2)c(C(N)=O)[nH]1. The van der Waals surface area contributed by atoms with Gasteiger partial charge in [0.1, 0.15) is 17.2 Å². The zero-order valence-electron chi connectivity index (χ0n) is 10.2. The number of benzene rings is 1. The molecule has 0 spiro atoms. The number of amides is 1. The van der Waals surface area contributed by atoms with E-state index in [0.717, 1.165) is 0 Å². The van der Waals surface area contributed by atoms with E-state index in [2.05, 4.69) is 9.97 Å². The molecule has 3 N–H and O–H groups in total. The van der Waals surface area contributed by atoms with Crippen LogP contribution in [0.5, 0.6) is 0 Å². The zero-order chi connectivity index (χ0) is 14.0. The topological polar surface area (TPSA) is 115 Å². The van der Waals surface area contributed by atoms with Crippen LogP contribution in [0.4, 0.5) is 5.69 Å². The fraction of sp³-hybridized carbons (Fsp3) is 0.167. The van der Waals surface area contributed by atoms with E-state index in [1.54, 1.807) is 12.1 Å². The summed E-state index contributed by atoms with van der Waals surface area (Å²) in [6.45, 7) is 1.89. The first-order chi connectivity index (χ1) is 9.02. The first-order valence-corrected chi connectivity index (χ1v) is 5.66. The molecule has 0 aliphatic carbocycles. The Hall–Kier alpha value is -2.70. The first-order valence-electron chi connectivity index (χ1n) is 5.66. The van der Waals surface area contributed by atoms with Crippen LogP contribution < -0.4 is 5.73 Å². The van der Waals surface area contributed by atoms with Crippen molar-refractivity contribution in [3.63, 3.8) is 0 Å². The Kier molecular flexibility index (Phi) is 3.28. The van der Waals surface area contributed by atoms with Crippen molar-refractivity contribution in [2.24, 2.45) is 5.73 Å². The molecule has 1 aromatic carbocycles. The van der Waals surface area contributed by atoms with Crippen molar-refractivity contribution < 1.29 is 9.72 Å². The minimum absolute atomic E-state index is 0.0179. The Balaban J connectivity index is 2.48. The molecule has 0 aliphatic rings. The lowest BCUT2D eigenvalue weighted by atomic mass is 10.1. The van der Waals surface area contributed by atoms with Crippen molar-refractivity contribution in [2.75, 3.05) is 0 Å². The molecule has 0 aliphatic heterocycles. The second kappa shape index (κ2) is 4.89.